The van der Waals surface area contributed by atoms with Crippen LogP contribution in [0, 0.1) is 10.7 Å². The van der Waals surface area contributed by atoms with Crippen LogP contribution in [-0.4, -0.2) is 0 Å². The Morgan fingerprint density at radius 1 is 1.60 bits per heavy atom. The first-order valence-corrected chi connectivity index (χ1v) is 0.894. The molecule has 0 aromatic heterocycles. The minimum absolute atomic E-state index is 0. The van der Waals surface area contributed by atoms with Crippen LogP contribution in [0.25, 0.3) is 0 Å². The molecule has 1 nitrogen and oxygen atoms in total. The SMILES string of the molecule is N#CS.[Hg].[Zn]. The third-order valence-corrected chi connectivity index (χ3v) is 0. The molecule has 20 valence electrons. The van der Waals surface area contributed by atoms with Gasteiger partial charge in [0.25, 0.3) is 0 Å². The van der Waals surface area contributed by atoms with Gasteiger partial charge in [-0.2, -0.15) is 5.26 Å². The van der Waals surface area contributed by atoms with Crippen LogP contribution in [0.3, 0.4) is 0 Å². The number of thiocyanates is 1. The largest absolute Gasteiger partial charge is 0.185 e. The van der Waals surface area contributed by atoms with E-state index in [4.69, 9.17) is 5.26 Å². The molecule has 0 saturated carbocycles. The van der Waals surface area contributed by atoms with Gasteiger partial charge in [-0.25, -0.2) is 0 Å². The molecule has 0 N–H and O–H groups in total. The van der Waals surface area contributed by atoms with Crippen molar-refractivity contribution in [2.75, 3.05) is 0 Å². The third kappa shape index (κ3) is 31.9. The minimum atomic E-state index is 0. The summed E-state index contributed by atoms with van der Waals surface area (Å²) in [5.41, 5.74) is 0. The maximum atomic E-state index is 7.18. The first-order valence-electron chi connectivity index (χ1n) is 0.447. The van der Waals surface area contributed by atoms with Gasteiger partial charge in [-0.1, -0.05) is 12.6 Å². The Balaban J connectivity index is -0.0000000200. The Kier molecular flexibility index (Phi) is 58.6. The average molecular weight is 325 g/mol. The van der Waals surface area contributed by atoms with Gasteiger partial charge in [0.2, 0.25) is 0 Å². The molecule has 4 heteroatoms. The van der Waals surface area contributed by atoms with Gasteiger partial charge in [-0.15, -0.1) is 0 Å². The van der Waals surface area contributed by atoms with E-state index < -0.39 is 0 Å². The summed E-state index contributed by atoms with van der Waals surface area (Å²) in [4.78, 5) is 0. The normalized spacial score (nSPS) is 1.60. The van der Waals surface area contributed by atoms with Crippen molar-refractivity contribution in [2.24, 2.45) is 0 Å². The average Bonchev–Trinajstić information content (AvgIpc) is 0.918. The van der Waals surface area contributed by atoms with Crippen molar-refractivity contribution >= 4 is 12.6 Å². The fourth-order valence-electron chi connectivity index (χ4n) is 0. The number of nitrogens with zero attached hydrogens (tertiary/aromatic N) is 1. The van der Waals surface area contributed by atoms with E-state index in [1.807, 2.05) is 0 Å². The fourth-order valence-corrected chi connectivity index (χ4v) is 0. The molecule has 0 amide bonds. The molecule has 0 bridgehead atoms. The maximum Gasteiger partial charge on any atom is 0.130 e. The maximum absolute atomic E-state index is 7.18. The first kappa shape index (κ1) is 16.1. The second-order valence-corrected chi connectivity index (χ2v) is 0.300. The molecule has 0 atom stereocenters. The molecular weight excluding hydrogens is 324 g/mol. The number of thiol groups is 1. The summed E-state index contributed by atoms with van der Waals surface area (Å²) in [6.07, 6.45) is 0. The van der Waals surface area contributed by atoms with Crippen LogP contribution in [0.4, 0.5) is 0 Å². The summed E-state index contributed by atoms with van der Waals surface area (Å²) >= 11 is 3.09. The van der Waals surface area contributed by atoms with Crippen LogP contribution in [0.1, 0.15) is 0 Å². The molecule has 0 aliphatic heterocycles. The molecule has 0 aliphatic carbocycles. The van der Waals surface area contributed by atoms with Crippen LogP contribution in [0.2, 0.25) is 0 Å². The zero-order chi connectivity index (χ0) is 2.71. The summed E-state index contributed by atoms with van der Waals surface area (Å²) in [7, 11) is 0. The molecule has 0 saturated heterocycles. The number of rotatable bonds is 0. The summed E-state index contributed by atoms with van der Waals surface area (Å²) < 4.78 is 0. The van der Waals surface area contributed by atoms with Gasteiger partial charge in [0.05, 0.1) is 0 Å². The Morgan fingerprint density at radius 2 is 1.60 bits per heavy atom. The second kappa shape index (κ2) is 18.2. The number of hydrogen-bond acceptors (Lipinski definition) is 2. The van der Waals surface area contributed by atoms with Crippen molar-refractivity contribution in [2.45, 2.75) is 0 Å². The Bertz CT molecular complexity index is 33.1. The number of nitriles is 1. The molecular formula is CHHgNSZn. The molecule has 5 heavy (non-hydrogen) atoms. The Labute approximate surface area is 69.8 Å². The molecule has 0 unspecified atom stereocenters. The Hall–Kier alpha value is 1.40. The molecule has 0 aromatic carbocycles. The van der Waals surface area contributed by atoms with Crippen LogP contribution in [0.15, 0.2) is 0 Å². The van der Waals surface area contributed by atoms with Gasteiger partial charge < -0.3 is 0 Å². The molecule has 0 radical (unpaired) electrons. The third-order valence-electron chi connectivity index (χ3n) is 0. The van der Waals surface area contributed by atoms with Gasteiger partial charge in [-0.05, 0) is 0 Å². The van der Waals surface area contributed by atoms with Gasteiger partial charge in [0, 0.05) is 47.1 Å². The second-order valence-electron chi connectivity index (χ2n) is 0.100. The minimum Gasteiger partial charge on any atom is -0.185 e. The van der Waals surface area contributed by atoms with Crippen LogP contribution in [-0.2, 0) is 47.1 Å². The zero-order valence-electron chi connectivity index (χ0n) is 2.81. The smallest absolute Gasteiger partial charge is 0.130 e. The van der Waals surface area contributed by atoms with Crippen LogP contribution >= 0.6 is 12.6 Å². The van der Waals surface area contributed by atoms with Crippen LogP contribution in [0.5, 0.6) is 0 Å². The predicted molar refractivity (Wildman–Crippen MR) is 14.6 cm³/mol. The fraction of sp³-hybridized carbons (Fsp3) is 0. The summed E-state index contributed by atoms with van der Waals surface area (Å²) in [5, 5.41) is 8.63. The van der Waals surface area contributed by atoms with E-state index in [0.717, 1.165) is 0 Å². The van der Waals surface area contributed by atoms with Crippen molar-refractivity contribution in [3.05, 3.63) is 0 Å². The van der Waals surface area contributed by atoms with E-state index in [1.54, 1.807) is 0 Å². The van der Waals surface area contributed by atoms with Crippen molar-refractivity contribution < 1.29 is 47.1 Å². The van der Waals surface area contributed by atoms with E-state index in [0.29, 0.717) is 0 Å². The molecule has 0 fully saturated rings. The molecule has 0 spiro atoms. The molecule has 0 heterocycles. The van der Waals surface area contributed by atoms with Crippen LogP contribution < -0.4 is 0 Å². The van der Waals surface area contributed by atoms with Crippen molar-refractivity contribution in [1.82, 2.24) is 0 Å². The first-order chi connectivity index (χ1) is 1.41. The van der Waals surface area contributed by atoms with Crippen molar-refractivity contribution in [1.29, 1.82) is 5.26 Å². The number of hydrogen-bond donors (Lipinski definition) is 1. The van der Waals surface area contributed by atoms with E-state index in [1.165, 1.54) is 5.40 Å². The van der Waals surface area contributed by atoms with Gasteiger partial charge in [0.1, 0.15) is 5.40 Å². The van der Waals surface area contributed by atoms with E-state index in [-0.39, 0.29) is 47.1 Å². The topological polar surface area (TPSA) is 23.8 Å². The summed E-state index contributed by atoms with van der Waals surface area (Å²) in [6.45, 7) is 0. The van der Waals surface area contributed by atoms with E-state index >= 15 is 0 Å². The van der Waals surface area contributed by atoms with Gasteiger partial charge >= 0.3 is 0 Å². The molecule has 0 rings (SSSR count). The Morgan fingerprint density at radius 3 is 1.60 bits per heavy atom. The quantitative estimate of drug-likeness (QED) is 0.389. The standard InChI is InChI=1S/CHNS.Hg.Zn/c2-1-3;;/h3H;;. The van der Waals surface area contributed by atoms with Crippen molar-refractivity contribution in [3.63, 3.8) is 0 Å². The van der Waals surface area contributed by atoms with E-state index in [9.17, 15) is 0 Å². The summed E-state index contributed by atoms with van der Waals surface area (Å²) in [5.74, 6) is 0. The zero-order valence-corrected chi connectivity index (χ0v) is 12.2. The summed E-state index contributed by atoms with van der Waals surface area (Å²) in [6, 6.07) is 0. The van der Waals surface area contributed by atoms with Crippen molar-refractivity contribution in [3.8, 4) is 5.40 Å². The van der Waals surface area contributed by atoms with Gasteiger partial charge in [-0.3, -0.25) is 0 Å². The monoisotopic (exact) mass is 325 g/mol. The molecule has 0 aromatic rings. The predicted octanol–water partition coefficient (Wildman–Crippen LogP) is 0.392. The molecule has 0 aliphatic rings. The van der Waals surface area contributed by atoms with Gasteiger partial charge in [0.15, 0.2) is 0 Å². The van der Waals surface area contributed by atoms with E-state index in [2.05, 4.69) is 12.6 Å².